The molecule has 4 nitrogen and oxygen atoms in total. The van der Waals surface area contributed by atoms with Crippen LogP contribution >= 0.6 is 0 Å². The first-order valence-corrected chi connectivity index (χ1v) is 5.39. The van der Waals surface area contributed by atoms with E-state index in [0.29, 0.717) is 5.75 Å². The topological polar surface area (TPSA) is 61.0 Å². The molecule has 2 rings (SSSR count). The highest BCUT2D eigenvalue weighted by Crippen LogP contribution is 2.25. The second-order valence-corrected chi connectivity index (χ2v) is 3.80. The Hall–Kier alpha value is -1.94. The molecule has 0 saturated carbocycles. The maximum atomic E-state index is 6.16. The number of rotatable bonds is 3. The van der Waals surface area contributed by atoms with Crippen molar-refractivity contribution in [2.75, 3.05) is 7.11 Å². The number of nitrogens with zero attached hydrogens (tertiary/aromatic N) is 2. The second kappa shape index (κ2) is 4.93. The Morgan fingerprint density at radius 2 is 2.06 bits per heavy atom. The Morgan fingerprint density at radius 1 is 1.24 bits per heavy atom. The van der Waals surface area contributed by atoms with Gasteiger partial charge >= 0.3 is 0 Å². The lowest BCUT2D eigenvalue weighted by molar-refractivity contribution is 0.404. The fourth-order valence-electron chi connectivity index (χ4n) is 1.63. The van der Waals surface area contributed by atoms with E-state index in [-0.39, 0.29) is 6.04 Å². The first-order chi connectivity index (χ1) is 8.22. The molecular weight excluding hydrogens is 214 g/mol. The fourth-order valence-corrected chi connectivity index (χ4v) is 1.63. The zero-order chi connectivity index (χ0) is 12.3. The van der Waals surface area contributed by atoms with E-state index in [4.69, 9.17) is 10.5 Å². The van der Waals surface area contributed by atoms with Crippen LogP contribution in [0.2, 0.25) is 0 Å². The molecule has 88 valence electrons. The number of methoxy groups -OCH3 is 1. The van der Waals surface area contributed by atoms with Crippen LogP contribution in [0.5, 0.6) is 5.75 Å². The van der Waals surface area contributed by atoms with Gasteiger partial charge in [-0.3, -0.25) is 9.97 Å². The maximum Gasteiger partial charge on any atom is 0.142 e. The maximum absolute atomic E-state index is 6.16. The van der Waals surface area contributed by atoms with Crippen molar-refractivity contribution in [2.24, 2.45) is 5.73 Å². The van der Waals surface area contributed by atoms with Gasteiger partial charge in [0.05, 0.1) is 13.2 Å². The minimum Gasteiger partial charge on any atom is -0.495 e. The average molecular weight is 229 g/mol. The minimum atomic E-state index is -0.320. The van der Waals surface area contributed by atoms with Crippen molar-refractivity contribution in [3.05, 3.63) is 53.6 Å². The van der Waals surface area contributed by atoms with Crippen molar-refractivity contribution >= 4 is 0 Å². The largest absolute Gasteiger partial charge is 0.495 e. The number of nitrogens with two attached hydrogens (primary N) is 1. The number of aryl methyl sites for hydroxylation is 1. The van der Waals surface area contributed by atoms with E-state index < -0.39 is 0 Å². The van der Waals surface area contributed by atoms with Gasteiger partial charge in [0.15, 0.2) is 0 Å². The van der Waals surface area contributed by atoms with Crippen molar-refractivity contribution in [3.8, 4) is 5.75 Å². The van der Waals surface area contributed by atoms with Crippen LogP contribution < -0.4 is 10.5 Å². The van der Waals surface area contributed by atoms with E-state index in [9.17, 15) is 0 Å². The summed E-state index contributed by atoms with van der Waals surface area (Å²) in [6.07, 6.45) is 3.48. The average Bonchev–Trinajstić information content (AvgIpc) is 2.39. The van der Waals surface area contributed by atoms with Gasteiger partial charge in [-0.05, 0) is 30.7 Å². The summed E-state index contributed by atoms with van der Waals surface area (Å²) in [6.45, 7) is 1.94. The van der Waals surface area contributed by atoms with E-state index in [0.717, 1.165) is 17.0 Å². The highest BCUT2D eigenvalue weighted by atomic mass is 16.5. The standard InChI is InChI=1S/C13H15N3O/c1-9-5-6-10(8-16-9)12(14)13-11(17-2)4-3-7-15-13/h3-8,12H,14H2,1-2H3. The molecule has 2 heterocycles. The molecular formula is C13H15N3O. The molecule has 0 amide bonds. The van der Waals surface area contributed by atoms with Gasteiger partial charge in [0.1, 0.15) is 11.4 Å². The summed E-state index contributed by atoms with van der Waals surface area (Å²) >= 11 is 0. The first-order valence-electron chi connectivity index (χ1n) is 5.39. The third kappa shape index (κ3) is 2.42. The van der Waals surface area contributed by atoms with Crippen LogP contribution in [0.3, 0.4) is 0 Å². The van der Waals surface area contributed by atoms with Gasteiger partial charge in [-0.25, -0.2) is 0 Å². The smallest absolute Gasteiger partial charge is 0.142 e. The number of hydrogen-bond acceptors (Lipinski definition) is 4. The lowest BCUT2D eigenvalue weighted by Crippen LogP contribution is -2.15. The van der Waals surface area contributed by atoms with E-state index in [2.05, 4.69) is 9.97 Å². The van der Waals surface area contributed by atoms with Gasteiger partial charge in [0.25, 0.3) is 0 Å². The highest BCUT2D eigenvalue weighted by Gasteiger charge is 2.15. The molecule has 0 aliphatic rings. The van der Waals surface area contributed by atoms with Gasteiger partial charge in [0, 0.05) is 18.1 Å². The van der Waals surface area contributed by atoms with Gasteiger partial charge < -0.3 is 10.5 Å². The minimum absolute atomic E-state index is 0.320. The molecule has 2 N–H and O–H groups in total. The molecule has 2 aromatic rings. The molecule has 4 heteroatoms. The molecule has 0 radical (unpaired) electrons. The predicted octanol–water partition coefficient (Wildman–Crippen LogP) is 1.84. The molecule has 17 heavy (non-hydrogen) atoms. The molecule has 2 aromatic heterocycles. The van der Waals surface area contributed by atoms with Crippen molar-refractivity contribution in [3.63, 3.8) is 0 Å². The fraction of sp³-hybridized carbons (Fsp3) is 0.231. The lowest BCUT2D eigenvalue weighted by Gasteiger charge is -2.14. The Morgan fingerprint density at radius 3 is 2.71 bits per heavy atom. The van der Waals surface area contributed by atoms with Crippen LogP contribution in [0.15, 0.2) is 36.7 Å². The monoisotopic (exact) mass is 229 g/mol. The van der Waals surface area contributed by atoms with Crippen LogP contribution in [-0.4, -0.2) is 17.1 Å². The van der Waals surface area contributed by atoms with Crippen molar-refractivity contribution in [1.29, 1.82) is 0 Å². The summed E-state index contributed by atoms with van der Waals surface area (Å²) in [7, 11) is 1.61. The molecule has 0 aromatic carbocycles. The highest BCUT2D eigenvalue weighted by molar-refractivity contribution is 5.35. The summed E-state index contributed by atoms with van der Waals surface area (Å²) in [6, 6.07) is 7.25. The molecule has 1 unspecified atom stereocenters. The molecule has 0 bridgehead atoms. The Bertz CT molecular complexity index is 496. The van der Waals surface area contributed by atoms with E-state index in [1.165, 1.54) is 0 Å². The zero-order valence-corrected chi connectivity index (χ0v) is 9.92. The van der Waals surface area contributed by atoms with E-state index in [1.807, 2.05) is 31.2 Å². The Kier molecular flexibility index (Phi) is 3.35. The predicted molar refractivity (Wildman–Crippen MR) is 65.8 cm³/mol. The third-order valence-electron chi connectivity index (χ3n) is 2.61. The number of ether oxygens (including phenoxy) is 1. The van der Waals surface area contributed by atoms with E-state index in [1.54, 1.807) is 19.5 Å². The normalized spacial score (nSPS) is 12.2. The number of pyridine rings is 2. The van der Waals surface area contributed by atoms with Crippen LogP contribution in [-0.2, 0) is 0 Å². The van der Waals surface area contributed by atoms with E-state index >= 15 is 0 Å². The lowest BCUT2D eigenvalue weighted by atomic mass is 10.1. The summed E-state index contributed by atoms with van der Waals surface area (Å²) in [5, 5.41) is 0. The molecule has 1 atom stereocenters. The third-order valence-corrected chi connectivity index (χ3v) is 2.61. The molecule has 0 spiro atoms. The van der Waals surface area contributed by atoms with Gasteiger partial charge in [-0.15, -0.1) is 0 Å². The molecule has 0 aliphatic heterocycles. The molecule has 0 saturated heterocycles. The Balaban J connectivity index is 2.36. The van der Waals surface area contributed by atoms with Gasteiger partial charge in [-0.1, -0.05) is 6.07 Å². The SMILES string of the molecule is COc1cccnc1C(N)c1ccc(C)nc1. The van der Waals surface area contributed by atoms with Crippen LogP contribution in [0.25, 0.3) is 0 Å². The summed E-state index contributed by atoms with van der Waals surface area (Å²) in [5.41, 5.74) is 8.77. The Labute approximate surface area is 100 Å². The number of aromatic nitrogens is 2. The van der Waals surface area contributed by atoms with Crippen molar-refractivity contribution in [1.82, 2.24) is 9.97 Å². The number of hydrogen-bond donors (Lipinski definition) is 1. The van der Waals surface area contributed by atoms with Crippen LogP contribution in [0.1, 0.15) is 23.0 Å². The first kappa shape index (κ1) is 11.5. The molecule has 0 fully saturated rings. The molecule has 0 aliphatic carbocycles. The van der Waals surface area contributed by atoms with Gasteiger partial charge in [-0.2, -0.15) is 0 Å². The second-order valence-electron chi connectivity index (χ2n) is 3.80. The quantitative estimate of drug-likeness (QED) is 0.872. The van der Waals surface area contributed by atoms with Crippen LogP contribution in [0.4, 0.5) is 0 Å². The zero-order valence-electron chi connectivity index (χ0n) is 9.92. The summed E-state index contributed by atoms with van der Waals surface area (Å²) in [5.74, 6) is 0.695. The summed E-state index contributed by atoms with van der Waals surface area (Å²) in [4.78, 5) is 8.50. The van der Waals surface area contributed by atoms with Gasteiger partial charge in [0.2, 0.25) is 0 Å². The van der Waals surface area contributed by atoms with Crippen LogP contribution in [0, 0.1) is 6.92 Å². The van der Waals surface area contributed by atoms with Crippen molar-refractivity contribution < 1.29 is 4.74 Å². The van der Waals surface area contributed by atoms with Crippen molar-refractivity contribution in [2.45, 2.75) is 13.0 Å². The summed E-state index contributed by atoms with van der Waals surface area (Å²) < 4.78 is 5.25.